The van der Waals surface area contributed by atoms with E-state index in [-0.39, 0.29) is 28.8 Å². The van der Waals surface area contributed by atoms with E-state index in [4.69, 9.17) is 16.3 Å². The van der Waals surface area contributed by atoms with Gasteiger partial charge in [-0.15, -0.1) is 0 Å². The van der Waals surface area contributed by atoms with Crippen LogP contribution in [0.3, 0.4) is 0 Å². The Labute approximate surface area is 134 Å². The highest BCUT2D eigenvalue weighted by Gasteiger charge is 2.37. The molecule has 0 aliphatic carbocycles. The third kappa shape index (κ3) is 3.56. The van der Waals surface area contributed by atoms with E-state index in [0.717, 1.165) is 13.0 Å². The van der Waals surface area contributed by atoms with Gasteiger partial charge in [-0.1, -0.05) is 11.6 Å². The number of nitrogens with zero attached hydrogens (tertiary/aromatic N) is 2. The molecule has 2 heterocycles. The van der Waals surface area contributed by atoms with Crippen molar-refractivity contribution >= 4 is 23.5 Å². The first-order valence-electron chi connectivity index (χ1n) is 7.18. The quantitative estimate of drug-likeness (QED) is 0.834. The van der Waals surface area contributed by atoms with Crippen LogP contribution in [0.2, 0.25) is 5.02 Å². The highest BCUT2D eigenvalue weighted by molar-refractivity contribution is 6.30. The summed E-state index contributed by atoms with van der Waals surface area (Å²) in [5.41, 5.74) is 0.368. The molecule has 0 amide bonds. The van der Waals surface area contributed by atoms with E-state index < -0.39 is 17.9 Å². The Morgan fingerprint density at radius 2 is 2.32 bits per heavy atom. The summed E-state index contributed by atoms with van der Waals surface area (Å²) in [7, 11) is 1.94. The van der Waals surface area contributed by atoms with Crippen molar-refractivity contribution in [2.45, 2.75) is 19.3 Å². The highest BCUT2D eigenvalue weighted by atomic mass is 35.5. The van der Waals surface area contributed by atoms with Crippen LogP contribution >= 0.6 is 11.6 Å². The lowest BCUT2D eigenvalue weighted by Crippen LogP contribution is -2.27. The topological polar surface area (TPSA) is 79.7 Å². The van der Waals surface area contributed by atoms with Crippen LogP contribution in [0.1, 0.15) is 35.3 Å². The van der Waals surface area contributed by atoms with E-state index in [1.54, 1.807) is 6.92 Å². The normalized spacial score (nSPS) is 19.9. The summed E-state index contributed by atoms with van der Waals surface area (Å²) >= 11 is 5.90. The maximum absolute atomic E-state index is 12.1. The highest BCUT2D eigenvalue weighted by Crippen LogP contribution is 2.33. The van der Waals surface area contributed by atoms with Crippen LogP contribution in [0.25, 0.3) is 0 Å². The number of aliphatic carboxylic acids is 1. The monoisotopic (exact) mass is 326 g/mol. The van der Waals surface area contributed by atoms with Gasteiger partial charge < -0.3 is 14.7 Å². The minimum atomic E-state index is -0.985. The van der Waals surface area contributed by atoms with Gasteiger partial charge in [0.2, 0.25) is 0 Å². The summed E-state index contributed by atoms with van der Waals surface area (Å²) in [4.78, 5) is 30.1. The van der Waals surface area contributed by atoms with Gasteiger partial charge in [0.15, 0.2) is 0 Å². The summed E-state index contributed by atoms with van der Waals surface area (Å²) in [6.07, 6.45) is 2.12. The van der Waals surface area contributed by atoms with Crippen LogP contribution in [0.5, 0.6) is 0 Å². The molecule has 1 aliphatic heterocycles. The molecule has 0 spiro atoms. The predicted octanol–water partition coefficient (Wildman–Crippen LogP) is 2.03. The molecule has 2 rings (SSSR count). The van der Waals surface area contributed by atoms with Crippen LogP contribution in [0.4, 0.5) is 0 Å². The van der Waals surface area contributed by atoms with E-state index in [0.29, 0.717) is 6.54 Å². The molecule has 1 N–H and O–H groups in total. The Morgan fingerprint density at radius 1 is 1.59 bits per heavy atom. The Balaban J connectivity index is 2.43. The summed E-state index contributed by atoms with van der Waals surface area (Å²) < 4.78 is 5.00. The number of pyridine rings is 1. The van der Waals surface area contributed by atoms with Gasteiger partial charge in [-0.3, -0.25) is 9.78 Å². The number of hydrogen-bond donors (Lipinski definition) is 1. The van der Waals surface area contributed by atoms with Crippen molar-refractivity contribution in [1.82, 2.24) is 9.88 Å². The minimum absolute atomic E-state index is 0.0932. The average molecular weight is 327 g/mol. The van der Waals surface area contributed by atoms with Crippen molar-refractivity contribution < 1.29 is 19.4 Å². The number of likely N-dealkylation sites (tertiary alicyclic amines) is 1. The molecule has 2 atom stereocenters. The molecule has 0 saturated carbocycles. The predicted molar refractivity (Wildman–Crippen MR) is 81.2 cm³/mol. The number of halogens is 1. The Kier molecular flexibility index (Phi) is 5.37. The molecule has 1 aliphatic rings. The number of carboxylic acids is 1. The standard InChI is InChI=1S/C15H19ClN2O4/c1-3-22-15(21)11-6-10(16)7-17-13(11)12(14(19)20)9-4-5-18(2)8-9/h6-7,9,12H,3-5,8H2,1-2H3,(H,19,20). The van der Waals surface area contributed by atoms with Gasteiger partial charge in [-0.05, 0) is 38.9 Å². The number of carbonyl (C=O) groups is 2. The largest absolute Gasteiger partial charge is 0.481 e. The second-order valence-corrected chi connectivity index (χ2v) is 5.87. The van der Waals surface area contributed by atoms with Gasteiger partial charge in [0.25, 0.3) is 0 Å². The van der Waals surface area contributed by atoms with Crippen LogP contribution in [-0.2, 0) is 9.53 Å². The fraction of sp³-hybridized carbons (Fsp3) is 0.533. The molecular formula is C15H19ClN2O4. The number of ether oxygens (including phenoxy) is 1. The fourth-order valence-corrected chi connectivity index (χ4v) is 3.01. The lowest BCUT2D eigenvalue weighted by Gasteiger charge is -2.21. The summed E-state index contributed by atoms with van der Waals surface area (Å²) in [6, 6.07) is 1.43. The van der Waals surface area contributed by atoms with Crippen molar-refractivity contribution in [3.8, 4) is 0 Å². The average Bonchev–Trinajstić information content (AvgIpc) is 2.86. The van der Waals surface area contributed by atoms with Gasteiger partial charge in [0.1, 0.15) is 5.92 Å². The zero-order chi connectivity index (χ0) is 16.3. The van der Waals surface area contributed by atoms with Gasteiger partial charge in [-0.25, -0.2) is 4.79 Å². The van der Waals surface area contributed by atoms with E-state index in [1.165, 1.54) is 12.3 Å². The lowest BCUT2D eigenvalue weighted by atomic mass is 9.86. The molecule has 1 aromatic rings. The third-order valence-corrected chi connectivity index (χ3v) is 4.05. The molecule has 1 aromatic heterocycles. The number of rotatable bonds is 5. The first-order valence-corrected chi connectivity index (χ1v) is 7.55. The first kappa shape index (κ1) is 16.7. The van der Waals surface area contributed by atoms with Crippen molar-refractivity contribution in [1.29, 1.82) is 0 Å². The van der Waals surface area contributed by atoms with Crippen molar-refractivity contribution in [3.05, 3.63) is 28.5 Å². The summed E-state index contributed by atoms with van der Waals surface area (Å²) in [5.74, 6) is -2.52. The van der Waals surface area contributed by atoms with E-state index in [9.17, 15) is 14.7 Å². The van der Waals surface area contributed by atoms with E-state index >= 15 is 0 Å². The molecule has 22 heavy (non-hydrogen) atoms. The number of esters is 1. The molecule has 7 heteroatoms. The molecule has 1 saturated heterocycles. The Hall–Kier alpha value is -1.66. The number of carbonyl (C=O) groups excluding carboxylic acids is 1. The zero-order valence-electron chi connectivity index (χ0n) is 12.6. The molecule has 1 fully saturated rings. The first-order chi connectivity index (χ1) is 10.4. The molecular weight excluding hydrogens is 308 g/mol. The zero-order valence-corrected chi connectivity index (χ0v) is 13.3. The van der Waals surface area contributed by atoms with Gasteiger partial charge in [0, 0.05) is 12.7 Å². The second-order valence-electron chi connectivity index (χ2n) is 5.43. The maximum atomic E-state index is 12.1. The van der Waals surface area contributed by atoms with Crippen LogP contribution in [0.15, 0.2) is 12.3 Å². The van der Waals surface area contributed by atoms with E-state index in [2.05, 4.69) is 9.88 Å². The Bertz CT molecular complexity index is 579. The number of carboxylic acid groups (broad SMARTS) is 1. The SMILES string of the molecule is CCOC(=O)c1cc(Cl)cnc1C(C(=O)O)C1CCN(C)C1. The smallest absolute Gasteiger partial charge is 0.340 e. The second kappa shape index (κ2) is 7.07. The molecule has 120 valence electrons. The lowest BCUT2D eigenvalue weighted by molar-refractivity contribution is -0.140. The molecule has 0 aromatic carbocycles. The van der Waals surface area contributed by atoms with Gasteiger partial charge in [-0.2, -0.15) is 0 Å². The molecule has 0 bridgehead atoms. The van der Waals surface area contributed by atoms with Crippen LogP contribution in [-0.4, -0.2) is 53.7 Å². The third-order valence-electron chi connectivity index (χ3n) is 3.84. The van der Waals surface area contributed by atoms with E-state index in [1.807, 2.05) is 7.05 Å². The van der Waals surface area contributed by atoms with Crippen molar-refractivity contribution in [2.24, 2.45) is 5.92 Å². The van der Waals surface area contributed by atoms with Crippen LogP contribution < -0.4 is 0 Å². The number of hydrogen-bond acceptors (Lipinski definition) is 5. The molecule has 2 unspecified atom stereocenters. The van der Waals surface area contributed by atoms with Gasteiger partial charge in [0.05, 0.1) is 22.9 Å². The van der Waals surface area contributed by atoms with Crippen molar-refractivity contribution in [2.75, 3.05) is 26.7 Å². The molecule has 6 nitrogen and oxygen atoms in total. The van der Waals surface area contributed by atoms with Gasteiger partial charge >= 0.3 is 11.9 Å². The summed E-state index contributed by atoms with van der Waals surface area (Å²) in [5, 5.41) is 9.91. The fourth-order valence-electron chi connectivity index (χ4n) is 2.85. The maximum Gasteiger partial charge on any atom is 0.340 e. The number of aromatic nitrogens is 1. The molecule has 0 radical (unpaired) electrons. The van der Waals surface area contributed by atoms with Crippen molar-refractivity contribution in [3.63, 3.8) is 0 Å². The van der Waals surface area contributed by atoms with Crippen LogP contribution in [0, 0.1) is 5.92 Å². The summed E-state index contributed by atoms with van der Waals surface area (Å²) in [6.45, 7) is 3.38. The minimum Gasteiger partial charge on any atom is -0.481 e. The Morgan fingerprint density at radius 3 is 2.86 bits per heavy atom.